The van der Waals surface area contributed by atoms with Crippen molar-refractivity contribution < 1.29 is 0 Å². The second-order valence-electron chi connectivity index (χ2n) is 4.86. The summed E-state index contributed by atoms with van der Waals surface area (Å²) in [6.07, 6.45) is 8.55. The predicted molar refractivity (Wildman–Crippen MR) is 78.3 cm³/mol. The number of hydrogen-bond acceptors (Lipinski definition) is 3. The summed E-state index contributed by atoms with van der Waals surface area (Å²) < 4.78 is 0. The van der Waals surface area contributed by atoms with Crippen LogP contribution in [-0.4, -0.2) is 30.3 Å². The second kappa shape index (κ2) is 4.30. The Balaban J connectivity index is 2.58. The molecule has 1 aliphatic heterocycles. The van der Waals surface area contributed by atoms with Crippen LogP contribution in [-0.2, 0) is 0 Å². The van der Waals surface area contributed by atoms with E-state index in [9.17, 15) is 0 Å². The quantitative estimate of drug-likeness (QED) is 0.651. The van der Waals surface area contributed by atoms with Crippen LogP contribution in [0.2, 0.25) is 0 Å². The van der Waals surface area contributed by atoms with Crippen molar-refractivity contribution >= 4 is 23.2 Å². The first kappa shape index (κ1) is 12.4. The third-order valence-electron chi connectivity index (χ3n) is 2.93. The van der Waals surface area contributed by atoms with E-state index in [0.29, 0.717) is 0 Å². The molecule has 0 atom stereocenters. The molecule has 0 saturated heterocycles. The van der Waals surface area contributed by atoms with Crippen LogP contribution in [0, 0.1) is 0 Å². The van der Waals surface area contributed by atoms with E-state index in [0.717, 1.165) is 11.4 Å². The van der Waals surface area contributed by atoms with Crippen molar-refractivity contribution in [2.45, 2.75) is 26.3 Å². The molecule has 2 rings (SSSR count). The van der Waals surface area contributed by atoms with Gasteiger partial charge in [0.1, 0.15) is 0 Å². The van der Waals surface area contributed by atoms with Crippen molar-refractivity contribution in [2.24, 2.45) is 9.98 Å². The molecule has 0 unspecified atom stereocenters. The van der Waals surface area contributed by atoms with E-state index in [1.165, 1.54) is 16.1 Å². The molecular formula is C14H18N2S. The summed E-state index contributed by atoms with van der Waals surface area (Å²) in [6, 6.07) is 0. The van der Waals surface area contributed by atoms with Gasteiger partial charge in [-0.15, -0.1) is 11.8 Å². The predicted octanol–water partition coefficient (Wildman–Crippen LogP) is 3.42. The Hall–Kier alpha value is -1.09. The third-order valence-corrected chi connectivity index (χ3v) is 3.68. The highest BCUT2D eigenvalue weighted by atomic mass is 32.2. The zero-order valence-corrected chi connectivity index (χ0v) is 11.9. The number of hydrogen-bond donors (Lipinski definition) is 0. The van der Waals surface area contributed by atoms with Crippen molar-refractivity contribution in [1.29, 1.82) is 0 Å². The van der Waals surface area contributed by atoms with Gasteiger partial charge in [0.05, 0.1) is 17.0 Å². The Labute approximate surface area is 107 Å². The average Bonchev–Trinajstić information content (AvgIpc) is 2.26. The van der Waals surface area contributed by atoms with E-state index in [1.807, 2.05) is 7.05 Å². The maximum absolute atomic E-state index is 4.84. The van der Waals surface area contributed by atoms with Gasteiger partial charge in [-0.1, -0.05) is 6.08 Å². The lowest BCUT2D eigenvalue weighted by Crippen LogP contribution is -2.26. The Bertz CT molecular complexity index is 502. The highest BCUT2D eigenvalue weighted by Crippen LogP contribution is 2.34. The number of fused-ring (bicyclic) bond motifs is 1. The van der Waals surface area contributed by atoms with Gasteiger partial charge in [0.25, 0.3) is 0 Å². The van der Waals surface area contributed by atoms with Gasteiger partial charge in [-0.3, -0.25) is 9.98 Å². The molecule has 3 heteroatoms. The Kier molecular flexibility index (Phi) is 3.13. The molecule has 2 aliphatic rings. The Morgan fingerprint density at radius 1 is 1.29 bits per heavy atom. The molecule has 0 fully saturated rings. The van der Waals surface area contributed by atoms with Gasteiger partial charge in [-0.25, -0.2) is 0 Å². The fourth-order valence-electron chi connectivity index (χ4n) is 2.22. The Morgan fingerprint density at radius 2 is 2.00 bits per heavy atom. The summed E-state index contributed by atoms with van der Waals surface area (Å²) in [5.74, 6) is 0. The Morgan fingerprint density at radius 3 is 2.59 bits per heavy atom. The maximum atomic E-state index is 4.84. The largest absolute Gasteiger partial charge is 0.289 e. The molecule has 0 aromatic rings. The minimum atomic E-state index is -0.105. The summed E-state index contributed by atoms with van der Waals surface area (Å²) in [4.78, 5) is 10.3. The van der Waals surface area contributed by atoms with Gasteiger partial charge in [0, 0.05) is 17.5 Å². The number of aliphatic imine (C=N–C) groups is 2. The van der Waals surface area contributed by atoms with Crippen molar-refractivity contribution in [3.05, 3.63) is 34.3 Å². The molecule has 17 heavy (non-hydrogen) atoms. The topological polar surface area (TPSA) is 24.7 Å². The summed E-state index contributed by atoms with van der Waals surface area (Å²) in [7, 11) is 1.83. The molecule has 0 N–H and O–H groups in total. The highest BCUT2D eigenvalue weighted by molar-refractivity contribution is 8.03. The van der Waals surface area contributed by atoms with Crippen LogP contribution in [0.4, 0.5) is 0 Å². The van der Waals surface area contributed by atoms with Crippen LogP contribution in [0.25, 0.3) is 0 Å². The van der Waals surface area contributed by atoms with E-state index in [1.54, 1.807) is 11.8 Å². The fraction of sp³-hybridized carbons (Fsp3) is 0.429. The van der Waals surface area contributed by atoms with E-state index >= 15 is 0 Å². The minimum absolute atomic E-state index is 0.105. The number of rotatable bonds is 1. The van der Waals surface area contributed by atoms with Crippen LogP contribution in [0.3, 0.4) is 0 Å². The van der Waals surface area contributed by atoms with E-state index in [-0.39, 0.29) is 5.54 Å². The lowest BCUT2D eigenvalue weighted by atomic mass is 9.88. The van der Waals surface area contributed by atoms with Crippen molar-refractivity contribution in [1.82, 2.24) is 0 Å². The second-order valence-corrected chi connectivity index (χ2v) is 5.71. The first-order valence-electron chi connectivity index (χ1n) is 5.71. The molecule has 2 nitrogen and oxygen atoms in total. The fourth-order valence-corrected chi connectivity index (χ4v) is 2.81. The molecule has 1 aliphatic carbocycles. The third kappa shape index (κ3) is 2.29. The smallest absolute Gasteiger partial charge is 0.0796 e. The monoisotopic (exact) mass is 246 g/mol. The summed E-state index contributed by atoms with van der Waals surface area (Å²) in [6.45, 7) is 6.43. The molecule has 0 spiro atoms. The van der Waals surface area contributed by atoms with E-state index in [4.69, 9.17) is 4.99 Å². The molecule has 0 bridgehead atoms. The van der Waals surface area contributed by atoms with E-state index in [2.05, 4.69) is 50.2 Å². The van der Waals surface area contributed by atoms with Gasteiger partial charge in [-0.05, 0) is 44.8 Å². The maximum Gasteiger partial charge on any atom is 0.0796 e. The molecule has 1 heterocycles. The number of thioether (sulfide) groups is 1. The lowest BCUT2D eigenvalue weighted by molar-refractivity contribution is 0.648. The molecule has 90 valence electrons. The molecule has 0 aromatic heterocycles. The van der Waals surface area contributed by atoms with Gasteiger partial charge < -0.3 is 0 Å². The molecule has 0 aromatic carbocycles. The van der Waals surface area contributed by atoms with Crippen LogP contribution in [0.15, 0.2) is 44.3 Å². The number of nitrogens with zero attached hydrogens (tertiary/aromatic N) is 2. The standard InChI is InChI=1S/C14H18N2S/c1-9-8-14(2,3)16-13-11(9)6-10(15-4)7-12(13)17-5/h6-8H,1-5H3. The van der Waals surface area contributed by atoms with E-state index < -0.39 is 0 Å². The molecular weight excluding hydrogens is 228 g/mol. The molecule has 0 saturated carbocycles. The van der Waals surface area contributed by atoms with Crippen molar-refractivity contribution in [3.63, 3.8) is 0 Å². The van der Waals surface area contributed by atoms with Crippen LogP contribution >= 0.6 is 11.8 Å². The van der Waals surface area contributed by atoms with Crippen LogP contribution in [0.5, 0.6) is 0 Å². The number of dihydropyridines is 1. The van der Waals surface area contributed by atoms with Gasteiger partial charge >= 0.3 is 0 Å². The number of allylic oxidation sites excluding steroid dienone is 5. The normalized spacial score (nSPS) is 24.6. The molecule has 0 amide bonds. The first-order valence-corrected chi connectivity index (χ1v) is 6.94. The summed E-state index contributed by atoms with van der Waals surface area (Å²) in [5, 5.41) is 0. The van der Waals surface area contributed by atoms with Gasteiger partial charge in [0.15, 0.2) is 0 Å². The van der Waals surface area contributed by atoms with Crippen LogP contribution < -0.4 is 0 Å². The highest BCUT2D eigenvalue weighted by Gasteiger charge is 2.27. The zero-order valence-electron chi connectivity index (χ0n) is 11.0. The minimum Gasteiger partial charge on any atom is -0.289 e. The van der Waals surface area contributed by atoms with Crippen molar-refractivity contribution in [2.75, 3.05) is 13.3 Å². The van der Waals surface area contributed by atoms with Crippen LogP contribution in [0.1, 0.15) is 20.8 Å². The van der Waals surface area contributed by atoms with Gasteiger partial charge in [-0.2, -0.15) is 0 Å². The van der Waals surface area contributed by atoms with Gasteiger partial charge in [0.2, 0.25) is 0 Å². The summed E-state index contributed by atoms with van der Waals surface area (Å²) >= 11 is 1.73. The van der Waals surface area contributed by atoms with Crippen molar-refractivity contribution in [3.8, 4) is 0 Å². The zero-order chi connectivity index (χ0) is 12.6. The molecule has 0 radical (unpaired) electrons. The SMILES string of the molecule is CN=C1C=C(SC)C2=NC(C)(C)C=C(C)C2=C1. The lowest BCUT2D eigenvalue weighted by Gasteiger charge is -2.29. The average molecular weight is 246 g/mol. The summed E-state index contributed by atoms with van der Waals surface area (Å²) in [5.41, 5.74) is 4.55. The first-order chi connectivity index (χ1) is 7.96.